The Bertz CT molecular complexity index is 2770. The first-order chi connectivity index (χ1) is 28.6. The average molecular weight is 836 g/mol. The minimum absolute atomic E-state index is 0.0493. The molecule has 0 bridgehead atoms. The molecule has 0 unspecified atom stereocenters. The molecule has 7 heterocycles. The number of fused-ring (bicyclic) bond motifs is 4. The lowest BCUT2D eigenvalue weighted by atomic mass is 10.1. The van der Waals surface area contributed by atoms with Crippen molar-refractivity contribution in [2.75, 3.05) is 0 Å². The molecular weight excluding hydrogens is 787 g/mol. The van der Waals surface area contributed by atoms with Crippen LogP contribution in [0.15, 0.2) is 30.3 Å². The molecule has 17 heteroatoms. The molecule has 1 aromatic carbocycles. The maximum Gasteiger partial charge on any atom is 0.418 e. The Balaban J connectivity index is 0.000000154. The van der Waals surface area contributed by atoms with Gasteiger partial charge in [-0.25, -0.2) is 39.3 Å². The van der Waals surface area contributed by atoms with Gasteiger partial charge in [-0.15, -0.1) is 0 Å². The van der Waals surface area contributed by atoms with Gasteiger partial charge in [0, 0.05) is 29.7 Å². The Morgan fingerprint density at radius 1 is 0.492 bits per heavy atom. The van der Waals surface area contributed by atoms with Crippen molar-refractivity contribution in [1.29, 1.82) is 10.5 Å². The highest BCUT2D eigenvalue weighted by molar-refractivity contribution is 5.78. The zero-order chi connectivity index (χ0) is 45.1. The number of pyridine rings is 3. The fraction of sp³-hybridized carbons (Fsp3) is 0.386. The molecule has 7 aromatic heterocycles. The van der Waals surface area contributed by atoms with Crippen molar-refractivity contribution in [3.8, 4) is 12.1 Å². The second-order valence-electron chi connectivity index (χ2n) is 15.9. The summed E-state index contributed by atoms with van der Waals surface area (Å²) in [5.41, 5.74) is 7.96. The number of imidazole rings is 4. The van der Waals surface area contributed by atoms with Crippen LogP contribution in [0.1, 0.15) is 142 Å². The monoisotopic (exact) mass is 835 g/mol. The number of aryl methyl sites for hydroxylation is 4. The minimum atomic E-state index is -4.38. The zero-order valence-electron chi connectivity index (χ0n) is 36.2. The summed E-state index contributed by atoms with van der Waals surface area (Å²) >= 11 is 0. The summed E-state index contributed by atoms with van der Waals surface area (Å²) in [7, 11) is 0. The Hall–Kier alpha value is -6.75. The third-order valence-corrected chi connectivity index (χ3v) is 9.56. The summed E-state index contributed by atoms with van der Waals surface area (Å²) in [6.07, 6.45) is -4.38. The van der Waals surface area contributed by atoms with Gasteiger partial charge < -0.3 is 19.9 Å². The van der Waals surface area contributed by atoms with E-state index in [9.17, 15) is 17.6 Å². The fourth-order valence-electron chi connectivity index (χ4n) is 5.92. The molecule has 318 valence electrons. The summed E-state index contributed by atoms with van der Waals surface area (Å²) in [5, 5.41) is 17.8. The van der Waals surface area contributed by atoms with E-state index in [1.807, 2.05) is 53.7 Å². The maximum absolute atomic E-state index is 13.1. The summed E-state index contributed by atoms with van der Waals surface area (Å²) in [6, 6.07) is 12.4. The molecule has 0 fully saturated rings. The van der Waals surface area contributed by atoms with E-state index in [-0.39, 0.29) is 17.4 Å². The van der Waals surface area contributed by atoms with Crippen LogP contribution in [0.5, 0.6) is 0 Å². The Kier molecular flexibility index (Phi) is 13.6. The van der Waals surface area contributed by atoms with Crippen LogP contribution in [-0.4, -0.2) is 54.8 Å². The van der Waals surface area contributed by atoms with Gasteiger partial charge in [0.2, 0.25) is 0 Å². The van der Waals surface area contributed by atoms with Crippen molar-refractivity contribution in [2.24, 2.45) is 0 Å². The van der Waals surface area contributed by atoms with Crippen molar-refractivity contribution >= 4 is 44.5 Å². The van der Waals surface area contributed by atoms with Crippen molar-refractivity contribution in [3.05, 3.63) is 98.8 Å². The SMILES string of the molecule is Cc1cc2[nH]c(C(C)C)nc2cc1C#N.Cc1nc2nc(C(C)C)[nH]c2cc1C#N.Cc1nc2nc(C(C)C)[nH]c2cc1C(F)(F)F.Cc1nc2nc(C(C)C)[nH]c2cc1F. The lowest BCUT2D eigenvalue weighted by molar-refractivity contribution is -0.138. The van der Waals surface area contributed by atoms with Crippen LogP contribution >= 0.6 is 0 Å². The molecule has 4 N–H and O–H groups in total. The number of nitrogens with zero attached hydrogens (tertiary/aromatic N) is 9. The largest absolute Gasteiger partial charge is 0.418 e. The predicted octanol–water partition coefficient (Wildman–Crippen LogP) is 11.1. The number of hydrogen-bond acceptors (Lipinski definition) is 9. The number of nitriles is 2. The number of nitrogens with one attached hydrogen (secondary N) is 4. The second kappa shape index (κ2) is 18.3. The molecule has 0 atom stereocenters. The molecule has 0 aliphatic carbocycles. The van der Waals surface area contributed by atoms with Crippen molar-refractivity contribution in [2.45, 2.75) is 113 Å². The number of hydrogen-bond donors (Lipinski definition) is 4. The highest BCUT2D eigenvalue weighted by atomic mass is 19.4. The lowest BCUT2D eigenvalue weighted by Gasteiger charge is -2.08. The minimum Gasteiger partial charge on any atom is -0.342 e. The molecule has 0 spiro atoms. The molecular formula is C44H49F4N13. The number of halogens is 4. The standard InChI is InChI=1S/C12H13N3.C11H12F3N3.C11H12N4.C10H12FN3/c1-7(2)12-14-10-4-8(3)9(6-13)5-11(10)15-12;1-5(2)9-16-8-4-7(11(12,13)14)6(3)15-10(8)17-9;1-6(2)10-14-9-4-8(5-12)7(3)13-11(9)15-10;1-5(2)9-13-8-4-7(11)6(3)12-10(8)14-9/h4-5,7H,1-3H3,(H,14,15);4-5H,1-3H3,(H,15,16,17);4,6H,1-3H3,(H,13,14,15);4-5H,1-3H3,(H,12,13,14). The number of alkyl halides is 3. The van der Waals surface area contributed by atoms with Gasteiger partial charge in [0.1, 0.15) is 35.2 Å². The predicted molar refractivity (Wildman–Crippen MR) is 227 cm³/mol. The Labute approximate surface area is 350 Å². The van der Waals surface area contributed by atoms with Crippen LogP contribution in [0.4, 0.5) is 17.6 Å². The number of aromatic amines is 4. The van der Waals surface area contributed by atoms with E-state index in [4.69, 9.17) is 10.5 Å². The van der Waals surface area contributed by atoms with E-state index in [2.05, 4.69) is 94.7 Å². The van der Waals surface area contributed by atoms with E-state index in [0.29, 0.717) is 68.4 Å². The first kappa shape index (κ1) is 45.3. The number of benzene rings is 1. The molecule has 13 nitrogen and oxygen atoms in total. The zero-order valence-corrected chi connectivity index (χ0v) is 36.2. The Morgan fingerprint density at radius 3 is 1.36 bits per heavy atom. The van der Waals surface area contributed by atoms with Gasteiger partial charge in [0.25, 0.3) is 0 Å². The van der Waals surface area contributed by atoms with E-state index < -0.39 is 11.7 Å². The van der Waals surface area contributed by atoms with E-state index in [0.717, 1.165) is 51.3 Å². The summed E-state index contributed by atoms with van der Waals surface area (Å²) in [6.45, 7) is 22.9. The molecule has 0 saturated heterocycles. The smallest absolute Gasteiger partial charge is 0.342 e. The highest BCUT2D eigenvalue weighted by Gasteiger charge is 2.34. The summed E-state index contributed by atoms with van der Waals surface area (Å²) in [5.74, 6) is 4.21. The van der Waals surface area contributed by atoms with Crippen LogP contribution in [0.25, 0.3) is 44.5 Å². The van der Waals surface area contributed by atoms with Crippen LogP contribution in [0.3, 0.4) is 0 Å². The average Bonchev–Trinajstić information content (AvgIpc) is 3.99. The molecule has 0 saturated carbocycles. The van der Waals surface area contributed by atoms with Crippen LogP contribution < -0.4 is 0 Å². The molecule has 8 rings (SSSR count). The summed E-state index contributed by atoms with van der Waals surface area (Å²) < 4.78 is 51.2. The molecule has 0 aliphatic heterocycles. The molecule has 0 radical (unpaired) electrons. The van der Waals surface area contributed by atoms with Gasteiger partial charge in [-0.1, -0.05) is 55.4 Å². The first-order valence-electron chi connectivity index (χ1n) is 19.7. The lowest BCUT2D eigenvalue weighted by Crippen LogP contribution is -2.08. The quantitative estimate of drug-likeness (QED) is 0.124. The third-order valence-electron chi connectivity index (χ3n) is 9.56. The van der Waals surface area contributed by atoms with Crippen LogP contribution in [0, 0.1) is 56.2 Å². The van der Waals surface area contributed by atoms with Gasteiger partial charge in [-0.3, -0.25) is 0 Å². The molecule has 0 aliphatic rings. The van der Waals surface area contributed by atoms with Crippen LogP contribution in [0.2, 0.25) is 0 Å². The first-order valence-corrected chi connectivity index (χ1v) is 19.7. The number of rotatable bonds is 4. The van der Waals surface area contributed by atoms with Gasteiger partial charge in [0.15, 0.2) is 16.9 Å². The Morgan fingerprint density at radius 2 is 0.902 bits per heavy atom. The van der Waals surface area contributed by atoms with Gasteiger partial charge in [-0.05, 0) is 57.5 Å². The molecule has 0 amide bonds. The maximum atomic E-state index is 13.1. The van der Waals surface area contributed by atoms with Crippen molar-refractivity contribution in [1.82, 2.24) is 54.8 Å². The molecule has 8 aromatic rings. The van der Waals surface area contributed by atoms with E-state index >= 15 is 0 Å². The van der Waals surface area contributed by atoms with Crippen molar-refractivity contribution < 1.29 is 17.6 Å². The summed E-state index contributed by atoms with van der Waals surface area (Å²) in [4.78, 5) is 41.8. The van der Waals surface area contributed by atoms with E-state index in [1.165, 1.54) is 13.0 Å². The topological polar surface area (TPSA) is 201 Å². The second-order valence-corrected chi connectivity index (χ2v) is 15.9. The molecule has 61 heavy (non-hydrogen) atoms. The fourth-order valence-corrected chi connectivity index (χ4v) is 5.92. The number of H-pyrrole nitrogens is 4. The van der Waals surface area contributed by atoms with Gasteiger partial charge >= 0.3 is 6.18 Å². The highest BCUT2D eigenvalue weighted by Crippen LogP contribution is 2.33. The van der Waals surface area contributed by atoms with Gasteiger partial charge in [0.05, 0.1) is 67.4 Å². The van der Waals surface area contributed by atoms with Crippen molar-refractivity contribution in [3.63, 3.8) is 0 Å². The normalized spacial score (nSPS) is 11.5. The van der Waals surface area contributed by atoms with E-state index in [1.54, 1.807) is 13.0 Å². The van der Waals surface area contributed by atoms with Gasteiger partial charge in [-0.2, -0.15) is 23.7 Å². The third kappa shape index (κ3) is 10.5. The van der Waals surface area contributed by atoms with Crippen LogP contribution in [-0.2, 0) is 6.18 Å². The number of aromatic nitrogens is 11.